The Bertz CT molecular complexity index is 711. The Balaban J connectivity index is 2.07. The van der Waals surface area contributed by atoms with Crippen molar-refractivity contribution in [3.05, 3.63) is 39.0 Å². The monoisotopic (exact) mass is 374 g/mol. The number of nitrogens with two attached hydrogens (primary N) is 1. The van der Waals surface area contributed by atoms with E-state index in [-0.39, 0.29) is 10.6 Å². The van der Waals surface area contributed by atoms with Crippen LogP contribution in [0.25, 0.3) is 0 Å². The molecule has 0 saturated carbocycles. The Morgan fingerprint density at radius 3 is 2.65 bits per heavy atom. The molecule has 3 N–H and O–H groups in total. The molecule has 0 saturated heterocycles. The fraction of sp³-hybridized carbons (Fsp3) is 0.231. The summed E-state index contributed by atoms with van der Waals surface area (Å²) in [5, 5.41) is 3.19. The first kappa shape index (κ1) is 15.3. The lowest BCUT2D eigenvalue weighted by Crippen LogP contribution is -2.09. The first-order valence-electron chi connectivity index (χ1n) is 5.94. The van der Waals surface area contributed by atoms with Crippen LogP contribution in [0.1, 0.15) is 4.88 Å². The van der Waals surface area contributed by atoms with Crippen molar-refractivity contribution in [3.63, 3.8) is 0 Å². The van der Waals surface area contributed by atoms with E-state index in [9.17, 15) is 8.42 Å². The summed E-state index contributed by atoms with van der Waals surface area (Å²) >= 11 is 5.11. The fourth-order valence-electron chi connectivity index (χ4n) is 1.83. The molecule has 1 heterocycles. The third kappa shape index (κ3) is 3.74. The molecular formula is C13H15BrN2O2S2. The largest absolute Gasteiger partial charge is 0.396 e. The highest BCUT2D eigenvalue weighted by molar-refractivity contribution is 9.11. The smallest absolute Gasteiger partial charge is 0.177 e. The maximum atomic E-state index is 11.6. The predicted octanol–water partition coefficient (Wildman–Crippen LogP) is 3.15. The van der Waals surface area contributed by atoms with Crippen molar-refractivity contribution >= 4 is 48.5 Å². The Morgan fingerprint density at radius 1 is 1.30 bits per heavy atom. The molecule has 0 bridgehead atoms. The number of sulfone groups is 1. The van der Waals surface area contributed by atoms with E-state index in [1.165, 1.54) is 10.9 Å². The second-order valence-electron chi connectivity index (χ2n) is 4.37. The average Bonchev–Trinajstić information content (AvgIpc) is 2.76. The van der Waals surface area contributed by atoms with Crippen molar-refractivity contribution in [1.82, 2.24) is 0 Å². The number of anilines is 2. The van der Waals surface area contributed by atoms with Crippen LogP contribution in [0, 0.1) is 0 Å². The van der Waals surface area contributed by atoms with E-state index in [0.29, 0.717) is 12.2 Å². The van der Waals surface area contributed by atoms with Gasteiger partial charge in [-0.25, -0.2) is 8.42 Å². The van der Waals surface area contributed by atoms with Crippen LogP contribution in [0.3, 0.4) is 0 Å². The van der Waals surface area contributed by atoms with Gasteiger partial charge in [0.15, 0.2) is 9.84 Å². The molecule has 0 aliphatic rings. The van der Waals surface area contributed by atoms with Crippen molar-refractivity contribution in [3.8, 4) is 0 Å². The highest BCUT2D eigenvalue weighted by atomic mass is 79.9. The second kappa shape index (κ2) is 6.15. The highest BCUT2D eigenvalue weighted by Gasteiger charge is 2.13. The lowest BCUT2D eigenvalue weighted by Gasteiger charge is -2.11. The number of benzene rings is 1. The van der Waals surface area contributed by atoms with E-state index >= 15 is 0 Å². The topological polar surface area (TPSA) is 72.2 Å². The van der Waals surface area contributed by atoms with Crippen LogP contribution < -0.4 is 11.1 Å². The molecule has 0 spiro atoms. The summed E-state index contributed by atoms with van der Waals surface area (Å²) in [6.07, 6.45) is 2.02. The number of nitrogens with one attached hydrogen (secondary N) is 1. The molecule has 0 atom stereocenters. The zero-order chi connectivity index (χ0) is 14.8. The second-order valence-corrected chi connectivity index (χ2v) is 8.90. The SMILES string of the molecule is CS(=O)(=O)c1cccc(NCCc2ccc(Br)s2)c1N. The maximum absolute atomic E-state index is 11.6. The predicted molar refractivity (Wildman–Crippen MR) is 88.2 cm³/mol. The normalized spacial score (nSPS) is 11.5. The molecule has 0 unspecified atom stereocenters. The Morgan fingerprint density at radius 2 is 2.05 bits per heavy atom. The van der Waals surface area contributed by atoms with E-state index in [2.05, 4.69) is 27.3 Å². The van der Waals surface area contributed by atoms with Crippen LogP contribution in [0.15, 0.2) is 39.0 Å². The fourth-order valence-corrected chi connectivity index (χ4v) is 4.15. The summed E-state index contributed by atoms with van der Waals surface area (Å²) in [5.41, 5.74) is 6.84. The molecule has 0 aliphatic carbocycles. The van der Waals surface area contributed by atoms with Gasteiger partial charge >= 0.3 is 0 Å². The zero-order valence-corrected chi connectivity index (χ0v) is 14.1. The Labute approximate surface area is 131 Å². The minimum absolute atomic E-state index is 0.168. The zero-order valence-electron chi connectivity index (χ0n) is 10.9. The van der Waals surface area contributed by atoms with Crippen molar-refractivity contribution in [2.24, 2.45) is 0 Å². The molecular weight excluding hydrogens is 360 g/mol. The van der Waals surface area contributed by atoms with Gasteiger partial charge in [0.05, 0.1) is 20.1 Å². The standard InChI is InChI=1S/C13H15BrN2O2S2/c1-20(17,18)11-4-2-3-10(13(11)15)16-8-7-9-5-6-12(14)19-9/h2-6,16H,7-8,15H2,1H3. The van der Waals surface area contributed by atoms with Crippen LogP contribution in [0.4, 0.5) is 11.4 Å². The Kier molecular flexibility index (Phi) is 4.72. The molecule has 2 aromatic rings. The quantitative estimate of drug-likeness (QED) is 0.788. The summed E-state index contributed by atoms with van der Waals surface area (Å²) in [6, 6.07) is 9.07. The molecule has 0 amide bonds. The molecule has 1 aromatic carbocycles. The van der Waals surface area contributed by atoms with Gasteiger partial charge in [-0.15, -0.1) is 11.3 Å². The summed E-state index contributed by atoms with van der Waals surface area (Å²) in [7, 11) is -3.30. The van der Waals surface area contributed by atoms with Gasteiger partial charge in [0.2, 0.25) is 0 Å². The van der Waals surface area contributed by atoms with Gasteiger partial charge in [-0.3, -0.25) is 0 Å². The molecule has 108 valence electrons. The molecule has 20 heavy (non-hydrogen) atoms. The molecule has 2 rings (SSSR count). The lowest BCUT2D eigenvalue weighted by molar-refractivity contribution is 0.602. The summed E-state index contributed by atoms with van der Waals surface area (Å²) in [4.78, 5) is 1.42. The van der Waals surface area contributed by atoms with Crippen LogP contribution in [0.2, 0.25) is 0 Å². The summed E-state index contributed by atoms with van der Waals surface area (Å²) in [5.74, 6) is 0. The number of rotatable bonds is 5. The van der Waals surface area contributed by atoms with Crippen molar-refractivity contribution in [2.75, 3.05) is 23.9 Å². The minimum Gasteiger partial charge on any atom is -0.396 e. The molecule has 0 aliphatic heterocycles. The van der Waals surface area contributed by atoms with E-state index in [0.717, 1.165) is 16.5 Å². The third-order valence-corrected chi connectivity index (χ3v) is 5.62. The van der Waals surface area contributed by atoms with Crippen LogP contribution in [-0.4, -0.2) is 21.2 Å². The molecule has 7 heteroatoms. The first-order chi connectivity index (χ1) is 9.38. The highest BCUT2D eigenvalue weighted by Crippen LogP contribution is 2.27. The van der Waals surface area contributed by atoms with E-state index < -0.39 is 9.84 Å². The number of nitrogen functional groups attached to an aromatic ring is 1. The van der Waals surface area contributed by atoms with Crippen LogP contribution in [-0.2, 0) is 16.3 Å². The summed E-state index contributed by atoms with van der Waals surface area (Å²) < 4.78 is 24.3. The minimum atomic E-state index is -3.30. The van der Waals surface area contributed by atoms with Crippen LogP contribution >= 0.6 is 27.3 Å². The van der Waals surface area contributed by atoms with Gasteiger partial charge in [-0.05, 0) is 46.6 Å². The van der Waals surface area contributed by atoms with Crippen molar-refractivity contribution in [1.29, 1.82) is 0 Å². The molecule has 4 nitrogen and oxygen atoms in total. The lowest BCUT2D eigenvalue weighted by atomic mass is 10.2. The van der Waals surface area contributed by atoms with Crippen molar-refractivity contribution < 1.29 is 8.42 Å². The Hall–Kier alpha value is -1.05. The van der Waals surface area contributed by atoms with Gasteiger partial charge in [0, 0.05) is 17.7 Å². The van der Waals surface area contributed by atoms with Gasteiger partial charge in [-0.1, -0.05) is 6.07 Å². The number of hydrogen-bond acceptors (Lipinski definition) is 5. The maximum Gasteiger partial charge on any atom is 0.177 e. The van der Waals surface area contributed by atoms with Gasteiger partial charge in [0.1, 0.15) is 0 Å². The molecule has 0 fully saturated rings. The van der Waals surface area contributed by atoms with Gasteiger partial charge < -0.3 is 11.1 Å². The van der Waals surface area contributed by atoms with Crippen LogP contribution in [0.5, 0.6) is 0 Å². The first-order valence-corrected chi connectivity index (χ1v) is 9.44. The third-order valence-electron chi connectivity index (χ3n) is 2.78. The van der Waals surface area contributed by atoms with Gasteiger partial charge in [0.25, 0.3) is 0 Å². The average molecular weight is 375 g/mol. The van der Waals surface area contributed by atoms with E-state index in [1.54, 1.807) is 23.5 Å². The van der Waals surface area contributed by atoms with E-state index in [4.69, 9.17) is 5.73 Å². The molecule has 0 radical (unpaired) electrons. The van der Waals surface area contributed by atoms with Crippen molar-refractivity contribution in [2.45, 2.75) is 11.3 Å². The van der Waals surface area contributed by atoms with Gasteiger partial charge in [-0.2, -0.15) is 0 Å². The number of halogens is 1. The number of hydrogen-bond donors (Lipinski definition) is 2. The molecule has 1 aromatic heterocycles. The number of para-hydroxylation sites is 1. The summed E-state index contributed by atoms with van der Waals surface area (Å²) in [6.45, 7) is 0.699. The number of thiophene rings is 1. The van der Waals surface area contributed by atoms with E-state index in [1.807, 2.05) is 6.07 Å².